The van der Waals surface area contributed by atoms with Gasteiger partial charge in [0.2, 0.25) is 5.91 Å². The van der Waals surface area contributed by atoms with Crippen molar-refractivity contribution in [2.75, 3.05) is 11.9 Å². The van der Waals surface area contributed by atoms with Crippen LogP contribution in [0.5, 0.6) is 0 Å². The fourth-order valence-electron chi connectivity index (χ4n) is 2.52. The number of halogens is 1. The highest BCUT2D eigenvalue weighted by Crippen LogP contribution is 2.22. The first-order valence-electron chi connectivity index (χ1n) is 7.39. The quantitative estimate of drug-likeness (QED) is 0.868. The lowest BCUT2D eigenvalue weighted by Crippen LogP contribution is -2.22. The molecule has 1 fully saturated rings. The van der Waals surface area contributed by atoms with Crippen molar-refractivity contribution >= 4 is 27.5 Å². The van der Waals surface area contributed by atoms with E-state index in [-0.39, 0.29) is 12.0 Å². The highest BCUT2D eigenvalue weighted by Gasteiger charge is 2.15. The second kappa shape index (κ2) is 7.79. The number of carbonyl (C=O) groups excluding carboxylic acids is 1. The zero-order valence-corrected chi connectivity index (χ0v) is 13.5. The third kappa shape index (κ3) is 4.60. The van der Waals surface area contributed by atoms with Gasteiger partial charge < -0.3 is 10.1 Å². The first kappa shape index (κ1) is 15.5. The Bertz CT molecular complexity index is 456. The zero-order valence-electron chi connectivity index (χ0n) is 12.0. The molecular weight excluding hydrogens is 318 g/mol. The van der Waals surface area contributed by atoms with Crippen LogP contribution in [0, 0.1) is 0 Å². The van der Waals surface area contributed by atoms with Crippen molar-refractivity contribution in [2.45, 2.75) is 51.6 Å². The van der Waals surface area contributed by atoms with Crippen molar-refractivity contribution < 1.29 is 9.53 Å². The SMILES string of the molecule is CCc1cc(Br)ccc1NC(=O)CCC1CCCCO1. The fourth-order valence-corrected chi connectivity index (χ4v) is 2.93. The second-order valence-electron chi connectivity index (χ2n) is 5.23. The molecule has 1 aromatic rings. The van der Waals surface area contributed by atoms with E-state index in [4.69, 9.17) is 4.74 Å². The van der Waals surface area contributed by atoms with E-state index >= 15 is 0 Å². The van der Waals surface area contributed by atoms with Crippen molar-refractivity contribution in [3.05, 3.63) is 28.2 Å². The largest absolute Gasteiger partial charge is 0.378 e. The minimum atomic E-state index is 0.0798. The second-order valence-corrected chi connectivity index (χ2v) is 6.15. The molecule has 1 heterocycles. The number of rotatable bonds is 5. The molecule has 4 heteroatoms. The summed E-state index contributed by atoms with van der Waals surface area (Å²) < 4.78 is 6.70. The molecule has 1 aliphatic rings. The minimum absolute atomic E-state index is 0.0798. The summed E-state index contributed by atoms with van der Waals surface area (Å²) >= 11 is 3.46. The van der Waals surface area contributed by atoms with Gasteiger partial charge in [-0.3, -0.25) is 4.79 Å². The van der Waals surface area contributed by atoms with Crippen molar-refractivity contribution in [3.8, 4) is 0 Å². The van der Waals surface area contributed by atoms with Crippen LogP contribution in [0.15, 0.2) is 22.7 Å². The van der Waals surface area contributed by atoms with Gasteiger partial charge in [-0.25, -0.2) is 0 Å². The topological polar surface area (TPSA) is 38.3 Å². The maximum atomic E-state index is 12.0. The third-order valence-corrected chi connectivity index (χ3v) is 4.18. The first-order chi connectivity index (χ1) is 9.69. The Labute approximate surface area is 129 Å². The predicted octanol–water partition coefficient (Wildman–Crippen LogP) is 4.30. The molecule has 0 saturated carbocycles. The minimum Gasteiger partial charge on any atom is -0.378 e. The predicted molar refractivity (Wildman–Crippen MR) is 85.0 cm³/mol. The number of anilines is 1. The maximum absolute atomic E-state index is 12.0. The van der Waals surface area contributed by atoms with E-state index in [0.29, 0.717) is 6.42 Å². The van der Waals surface area contributed by atoms with Gasteiger partial charge in [-0.2, -0.15) is 0 Å². The summed E-state index contributed by atoms with van der Waals surface area (Å²) in [5.74, 6) is 0.0798. The van der Waals surface area contributed by atoms with Gasteiger partial charge in [0.15, 0.2) is 0 Å². The molecule has 1 atom stereocenters. The van der Waals surface area contributed by atoms with Gasteiger partial charge in [0.1, 0.15) is 0 Å². The molecule has 1 N–H and O–H groups in total. The Morgan fingerprint density at radius 1 is 1.45 bits per heavy atom. The number of hydrogen-bond acceptors (Lipinski definition) is 2. The number of benzene rings is 1. The van der Waals surface area contributed by atoms with Crippen LogP contribution in [-0.2, 0) is 16.0 Å². The molecule has 1 saturated heterocycles. The Morgan fingerprint density at radius 3 is 3.00 bits per heavy atom. The lowest BCUT2D eigenvalue weighted by atomic mass is 10.0. The van der Waals surface area contributed by atoms with Gasteiger partial charge in [0.25, 0.3) is 0 Å². The standard InChI is InChI=1S/C16H22BrNO2/c1-2-12-11-13(17)6-8-15(12)18-16(19)9-7-14-5-3-4-10-20-14/h6,8,11,14H,2-5,7,9-10H2,1H3,(H,18,19). The van der Waals surface area contributed by atoms with Gasteiger partial charge in [-0.1, -0.05) is 22.9 Å². The lowest BCUT2D eigenvalue weighted by Gasteiger charge is -2.22. The Kier molecular flexibility index (Phi) is 6.05. The van der Waals surface area contributed by atoms with Crippen molar-refractivity contribution in [3.63, 3.8) is 0 Å². The number of amides is 1. The maximum Gasteiger partial charge on any atom is 0.224 e. The van der Waals surface area contributed by atoms with Gasteiger partial charge in [-0.05, 0) is 55.9 Å². The van der Waals surface area contributed by atoms with Crippen molar-refractivity contribution in [1.29, 1.82) is 0 Å². The van der Waals surface area contributed by atoms with Crippen LogP contribution in [0.3, 0.4) is 0 Å². The van der Waals surface area contributed by atoms with Gasteiger partial charge >= 0.3 is 0 Å². The molecule has 0 aliphatic carbocycles. The van der Waals surface area contributed by atoms with Crippen LogP contribution in [0.1, 0.15) is 44.6 Å². The normalized spacial score (nSPS) is 18.8. The number of aryl methyl sites for hydroxylation is 1. The summed E-state index contributed by atoms with van der Waals surface area (Å²) in [5, 5.41) is 3.01. The number of ether oxygens (including phenoxy) is 1. The van der Waals surface area contributed by atoms with E-state index in [1.54, 1.807) is 0 Å². The number of carbonyl (C=O) groups is 1. The van der Waals surface area contributed by atoms with E-state index in [1.807, 2.05) is 12.1 Å². The molecule has 2 rings (SSSR count). The fraction of sp³-hybridized carbons (Fsp3) is 0.562. The molecule has 3 nitrogen and oxygen atoms in total. The van der Waals surface area contributed by atoms with Crippen LogP contribution < -0.4 is 5.32 Å². The number of nitrogens with one attached hydrogen (secondary N) is 1. The summed E-state index contributed by atoms with van der Waals surface area (Å²) in [6.07, 6.45) is 5.99. The van der Waals surface area contributed by atoms with Crippen LogP contribution in [-0.4, -0.2) is 18.6 Å². The van der Waals surface area contributed by atoms with E-state index < -0.39 is 0 Å². The van der Waals surface area contributed by atoms with Crippen molar-refractivity contribution in [1.82, 2.24) is 0 Å². The number of hydrogen-bond donors (Lipinski definition) is 1. The summed E-state index contributed by atoms with van der Waals surface area (Å²) in [6, 6.07) is 5.97. The molecule has 110 valence electrons. The van der Waals surface area contributed by atoms with E-state index in [9.17, 15) is 4.79 Å². The van der Waals surface area contributed by atoms with E-state index in [1.165, 1.54) is 6.42 Å². The monoisotopic (exact) mass is 339 g/mol. The molecule has 20 heavy (non-hydrogen) atoms. The van der Waals surface area contributed by atoms with Crippen LogP contribution in [0.2, 0.25) is 0 Å². The molecule has 1 amide bonds. The first-order valence-corrected chi connectivity index (χ1v) is 8.18. The Morgan fingerprint density at radius 2 is 2.30 bits per heavy atom. The highest BCUT2D eigenvalue weighted by molar-refractivity contribution is 9.10. The molecule has 0 radical (unpaired) electrons. The van der Waals surface area contributed by atoms with E-state index in [2.05, 4.69) is 34.2 Å². The lowest BCUT2D eigenvalue weighted by molar-refractivity contribution is -0.117. The Balaban J connectivity index is 1.84. The molecule has 1 aliphatic heterocycles. The third-order valence-electron chi connectivity index (χ3n) is 3.69. The Hall–Kier alpha value is -0.870. The average Bonchev–Trinajstić information content (AvgIpc) is 2.48. The molecule has 0 spiro atoms. The van der Waals surface area contributed by atoms with Gasteiger partial charge in [0, 0.05) is 23.2 Å². The summed E-state index contributed by atoms with van der Waals surface area (Å²) in [4.78, 5) is 12.0. The summed E-state index contributed by atoms with van der Waals surface area (Å²) in [7, 11) is 0. The van der Waals surface area contributed by atoms with Gasteiger partial charge in [0.05, 0.1) is 6.10 Å². The zero-order chi connectivity index (χ0) is 14.4. The average molecular weight is 340 g/mol. The van der Waals surface area contributed by atoms with Crippen LogP contribution in [0.25, 0.3) is 0 Å². The van der Waals surface area contributed by atoms with Gasteiger partial charge in [-0.15, -0.1) is 0 Å². The highest BCUT2D eigenvalue weighted by atomic mass is 79.9. The molecule has 0 bridgehead atoms. The van der Waals surface area contributed by atoms with Crippen LogP contribution >= 0.6 is 15.9 Å². The summed E-state index contributed by atoms with van der Waals surface area (Å²) in [5.41, 5.74) is 2.08. The molecule has 1 aromatic carbocycles. The molecular formula is C16H22BrNO2. The van der Waals surface area contributed by atoms with Crippen molar-refractivity contribution in [2.24, 2.45) is 0 Å². The van der Waals surface area contributed by atoms with E-state index in [0.717, 1.165) is 48.0 Å². The molecule has 1 unspecified atom stereocenters. The molecule has 0 aromatic heterocycles. The van der Waals surface area contributed by atoms with Crippen LogP contribution in [0.4, 0.5) is 5.69 Å². The smallest absolute Gasteiger partial charge is 0.224 e. The summed E-state index contributed by atoms with van der Waals surface area (Å²) in [6.45, 7) is 2.94.